The number of anilines is 2. The van der Waals surface area contributed by atoms with Gasteiger partial charge in [-0.15, -0.1) is 0 Å². The highest BCUT2D eigenvalue weighted by Crippen LogP contribution is 2.54. The molecule has 4 heterocycles. The molecule has 10 nitrogen and oxygen atoms in total. The van der Waals surface area contributed by atoms with Gasteiger partial charge in [0.25, 0.3) is 0 Å². The first-order chi connectivity index (χ1) is 26.4. The van der Waals surface area contributed by atoms with Gasteiger partial charge >= 0.3 is 5.97 Å². The SMILES string of the molecule is C=CC(=O)Nc1cccc(S(=O)(=O)c2ccc(N3CC(F)(CN4CCC([C@@](CN5CCC5)(c5cccc(F)c5)[C@H]5CCC[C@@H]5CC(=O)OC)CC4)C3)cc2)n1. The van der Waals surface area contributed by atoms with Crippen LogP contribution < -0.4 is 10.2 Å². The van der Waals surface area contributed by atoms with Crippen LogP contribution in [0.25, 0.3) is 0 Å². The van der Waals surface area contributed by atoms with Crippen molar-refractivity contribution in [3.63, 3.8) is 0 Å². The molecule has 0 spiro atoms. The summed E-state index contributed by atoms with van der Waals surface area (Å²) in [6.45, 7) is 8.45. The number of aromatic nitrogens is 1. The van der Waals surface area contributed by atoms with Crippen LogP contribution in [0.3, 0.4) is 0 Å². The number of alkyl halides is 1. The van der Waals surface area contributed by atoms with E-state index >= 15 is 8.78 Å². The molecule has 4 fully saturated rings. The molecule has 4 aliphatic rings. The molecule has 1 aliphatic carbocycles. The van der Waals surface area contributed by atoms with Gasteiger partial charge in [0.2, 0.25) is 15.7 Å². The molecule has 3 saturated heterocycles. The molecular formula is C42H51F2N5O5S. The lowest BCUT2D eigenvalue weighted by molar-refractivity contribution is -0.142. The zero-order chi connectivity index (χ0) is 38.8. The first-order valence-corrected chi connectivity index (χ1v) is 20.9. The molecule has 294 valence electrons. The number of benzene rings is 2. The van der Waals surface area contributed by atoms with Crippen LogP contribution >= 0.6 is 0 Å². The largest absolute Gasteiger partial charge is 0.469 e. The van der Waals surface area contributed by atoms with Gasteiger partial charge in [0.05, 0.1) is 25.1 Å². The second-order valence-electron chi connectivity index (χ2n) is 15.9. The minimum absolute atomic E-state index is 0.0449. The molecule has 1 saturated carbocycles. The molecule has 1 N–H and O–H groups in total. The Hall–Kier alpha value is -4.20. The van der Waals surface area contributed by atoms with E-state index in [1.165, 1.54) is 43.5 Å². The summed E-state index contributed by atoms with van der Waals surface area (Å²) >= 11 is 0. The van der Waals surface area contributed by atoms with Crippen molar-refractivity contribution in [2.75, 3.05) is 69.7 Å². The lowest BCUT2D eigenvalue weighted by Crippen LogP contribution is -2.64. The van der Waals surface area contributed by atoms with Crippen LogP contribution in [0.4, 0.5) is 20.3 Å². The number of likely N-dealkylation sites (tertiary alicyclic amines) is 2. The van der Waals surface area contributed by atoms with E-state index in [4.69, 9.17) is 4.74 Å². The first kappa shape index (κ1) is 39.1. The molecule has 0 unspecified atom stereocenters. The number of nitrogens with one attached hydrogen (secondary N) is 1. The van der Waals surface area contributed by atoms with Crippen LogP contribution in [0.2, 0.25) is 0 Å². The molecule has 3 aliphatic heterocycles. The van der Waals surface area contributed by atoms with Gasteiger partial charge in [-0.05, 0) is 136 Å². The minimum Gasteiger partial charge on any atom is -0.469 e. The van der Waals surface area contributed by atoms with Gasteiger partial charge in [0.15, 0.2) is 10.7 Å². The lowest BCUT2D eigenvalue weighted by Gasteiger charge is -2.54. The number of methoxy groups -OCH3 is 1. The Labute approximate surface area is 322 Å². The monoisotopic (exact) mass is 775 g/mol. The van der Waals surface area contributed by atoms with Crippen molar-refractivity contribution in [2.24, 2.45) is 17.8 Å². The van der Waals surface area contributed by atoms with Crippen molar-refractivity contribution in [1.82, 2.24) is 14.8 Å². The number of amides is 1. The number of carbonyl (C=O) groups excluding carboxylic acids is 2. The molecule has 3 atom stereocenters. The van der Waals surface area contributed by atoms with E-state index < -0.39 is 21.4 Å². The van der Waals surface area contributed by atoms with E-state index in [0.717, 1.165) is 88.6 Å². The number of esters is 1. The Balaban J connectivity index is 1.01. The third-order valence-electron chi connectivity index (χ3n) is 12.5. The van der Waals surface area contributed by atoms with Crippen molar-refractivity contribution < 1.29 is 31.5 Å². The summed E-state index contributed by atoms with van der Waals surface area (Å²) < 4.78 is 63.0. The van der Waals surface area contributed by atoms with Crippen LogP contribution in [0.15, 0.2) is 89.3 Å². The van der Waals surface area contributed by atoms with Crippen LogP contribution in [0.1, 0.15) is 50.5 Å². The molecule has 2 aromatic carbocycles. The van der Waals surface area contributed by atoms with Gasteiger partial charge in [0, 0.05) is 30.6 Å². The normalized spacial score (nSPS) is 22.9. The summed E-state index contributed by atoms with van der Waals surface area (Å²) in [7, 11) is -2.52. The summed E-state index contributed by atoms with van der Waals surface area (Å²) in [5.41, 5.74) is 0.0167. The highest BCUT2D eigenvalue weighted by Gasteiger charge is 2.53. The van der Waals surface area contributed by atoms with Crippen molar-refractivity contribution in [3.05, 3.63) is 90.8 Å². The number of ether oxygens (including phenoxy) is 1. The lowest BCUT2D eigenvalue weighted by atomic mass is 9.56. The molecule has 13 heteroatoms. The van der Waals surface area contributed by atoms with Crippen LogP contribution in [-0.4, -0.2) is 100 Å². The third kappa shape index (κ3) is 8.20. The number of carbonyl (C=O) groups is 2. The van der Waals surface area contributed by atoms with E-state index in [0.29, 0.717) is 13.0 Å². The van der Waals surface area contributed by atoms with Gasteiger partial charge in [-0.3, -0.25) is 14.5 Å². The number of nitrogens with zero attached hydrogens (tertiary/aromatic N) is 4. The number of sulfone groups is 1. The molecule has 1 amide bonds. The van der Waals surface area contributed by atoms with E-state index in [2.05, 4.69) is 32.7 Å². The zero-order valence-electron chi connectivity index (χ0n) is 31.5. The Morgan fingerprint density at radius 1 is 0.982 bits per heavy atom. The predicted molar refractivity (Wildman–Crippen MR) is 207 cm³/mol. The van der Waals surface area contributed by atoms with Gasteiger partial charge in [-0.25, -0.2) is 22.2 Å². The maximum Gasteiger partial charge on any atom is 0.305 e. The number of hydrogen-bond donors (Lipinski definition) is 1. The van der Waals surface area contributed by atoms with Gasteiger partial charge in [0.1, 0.15) is 11.6 Å². The number of halogens is 2. The topological polar surface area (TPSA) is 112 Å². The fourth-order valence-electron chi connectivity index (χ4n) is 9.73. The molecular weight excluding hydrogens is 725 g/mol. The maximum absolute atomic E-state index is 16.3. The number of rotatable bonds is 14. The summed E-state index contributed by atoms with van der Waals surface area (Å²) in [5.74, 6) is -0.203. The standard InChI is InChI=1S/C42H51F2N5O5S/c1-3-38(50)45-37-12-6-13-39(46-37)55(52,53)35-16-14-34(15-17-35)49-27-41(44,28-49)26-48-22-18-31(19-23-48)42(29-47-20-7-21-47,32-9-5-10-33(43)25-32)36-11-4-8-30(36)24-40(51)54-2/h3,5-6,9-10,12-17,25,30-31,36H,1,4,7-8,11,18-24,26-29H2,2H3,(H,45,46,50)/t30-,36+,42+/m1/s1. The average Bonchev–Trinajstić information content (AvgIpc) is 3.62. The second-order valence-corrected chi connectivity index (χ2v) is 17.8. The Kier molecular flexibility index (Phi) is 11.4. The highest BCUT2D eigenvalue weighted by molar-refractivity contribution is 7.91. The van der Waals surface area contributed by atoms with E-state index in [9.17, 15) is 18.0 Å². The summed E-state index contributed by atoms with van der Waals surface area (Å²) in [5, 5.41) is 2.28. The summed E-state index contributed by atoms with van der Waals surface area (Å²) in [6, 6.07) is 17.9. The molecule has 55 heavy (non-hydrogen) atoms. The molecule has 0 bridgehead atoms. The quantitative estimate of drug-likeness (QED) is 0.155. The maximum atomic E-state index is 16.3. The molecule has 0 radical (unpaired) electrons. The fourth-order valence-corrected chi connectivity index (χ4v) is 10.9. The minimum atomic E-state index is -3.96. The first-order valence-electron chi connectivity index (χ1n) is 19.4. The average molecular weight is 776 g/mol. The van der Waals surface area contributed by atoms with E-state index in [1.807, 2.05) is 11.0 Å². The smallest absolute Gasteiger partial charge is 0.305 e. The van der Waals surface area contributed by atoms with Gasteiger partial charge in [-0.1, -0.05) is 31.2 Å². The fraction of sp³-hybridized carbons (Fsp3) is 0.500. The number of hydrogen-bond acceptors (Lipinski definition) is 9. The summed E-state index contributed by atoms with van der Waals surface area (Å²) in [4.78, 5) is 35.0. The van der Waals surface area contributed by atoms with Gasteiger partial charge < -0.3 is 19.9 Å². The van der Waals surface area contributed by atoms with Crippen molar-refractivity contribution in [2.45, 2.75) is 66.0 Å². The van der Waals surface area contributed by atoms with E-state index in [-0.39, 0.29) is 63.8 Å². The number of pyridine rings is 1. The highest BCUT2D eigenvalue weighted by atomic mass is 32.2. The molecule has 7 rings (SSSR count). The Bertz CT molecular complexity index is 1980. The van der Waals surface area contributed by atoms with Crippen LogP contribution in [-0.2, 0) is 29.6 Å². The third-order valence-corrected chi connectivity index (χ3v) is 14.2. The van der Waals surface area contributed by atoms with Gasteiger partial charge in [-0.2, -0.15) is 0 Å². The zero-order valence-corrected chi connectivity index (χ0v) is 32.3. The Morgan fingerprint density at radius 3 is 2.36 bits per heavy atom. The van der Waals surface area contributed by atoms with Crippen LogP contribution in [0, 0.1) is 23.6 Å². The van der Waals surface area contributed by atoms with E-state index in [1.54, 1.807) is 18.2 Å². The Morgan fingerprint density at radius 2 is 1.71 bits per heavy atom. The molecule has 3 aromatic rings. The van der Waals surface area contributed by atoms with Crippen molar-refractivity contribution in [3.8, 4) is 0 Å². The molecule has 1 aromatic heterocycles. The summed E-state index contributed by atoms with van der Waals surface area (Å²) in [6.07, 6.45) is 7.30. The predicted octanol–water partition coefficient (Wildman–Crippen LogP) is 6.04. The van der Waals surface area contributed by atoms with Crippen LogP contribution in [0.5, 0.6) is 0 Å². The number of piperidine rings is 1. The van der Waals surface area contributed by atoms with Crippen molar-refractivity contribution >= 4 is 33.2 Å². The second kappa shape index (κ2) is 16.1. The van der Waals surface area contributed by atoms with Crippen molar-refractivity contribution in [1.29, 1.82) is 0 Å².